The van der Waals surface area contributed by atoms with Gasteiger partial charge in [0.15, 0.2) is 5.78 Å². The van der Waals surface area contributed by atoms with Crippen LogP contribution in [0.4, 0.5) is 0 Å². The minimum absolute atomic E-state index is 0.0153. The summed E-state index contributed by atoms with van der Waals surface area (Å²) in [5.41, 5.74) is 1.93. The number of ketones is 1. The maximum Gasteiger partial charge on any atom is 0.341 e. The molecule has 1 aliphatic carbocycles. The summed E-state index contributed by atoms with van der Waals surface area (Å²) in [4.78, 5) is 23.6. The largest absolute Gasteiger partial charge is 0.428 e. The molecule has 1 aliphatic heterocycles. The number of rotatable bonds is 0. The molecule has 1 aromatic rings. The van der Waals surface area contributed by atoms with Crippen LogP contribution in [0.3, 0.4) is 0 Å². The number of cyclic esters (lactones) is 1. The number of hydrogen-bond acceptors (Lipinski definition) is 4. The molecule has 1 aromatic carbocycles. The Kier molecular flexibility index (Phi) is 2.17. The fraction of sp³-hybridized carbons (Fsp3) is 0.429. The highest BCUT2D eigenvalue weighted by Gasteiger charge is 2.40. The van der Waals surface area contributed by atoms with E-state index in [1.165, 1.54) is 0 Å². The minimum atomic E-state index is -1.31. The summed E-state index contributed by atoms with van der Waals surface area (Å²) in [7, 11) is 0. The van der Waals surface area contributed by atoms with Gasteiger partial charge in [0.05, 0.1) is 5.56 Å². The number of aliphatic hydroxyl groups is 1. The van der Waals surface area contributed by atoms with Crippen LogP contribution in [0, 0.1) is 0 Å². The molecule has 0 saturated carbocycles. The van der Waals surface area contributed by atoms with Gasteiger partial charge in [0.1, 0.15) is 0 Å². The lowest BCUT2D eigenvalue weighted by Gasteiger charge is -2.32. The molecule has 0 spiro atoms. The standard InChI is InChI=1S/C14H14O4/c1-14(2)6-5-9(15)11-8(14)4-3-7-10(11)13(17)18-12(7)16/h3-4,13,17H,5-6H2,1-2H3/t13-/m1/s1. The lowest BCUT2D eigenvalue weighted by molar-refractivity contribution is -0.0551. The Bertz CT molecular complexity index is 571. The van der Waals surface area contributed by atoms with Gasteiger partial charge in [-0.25, -0.2) is 4.79 Å². The smallest absolute Gasteiger partial charge is 0.341 e. The Labute approximate surface area is 105 Å². The molecule has 0 radical (unpaired) electrons. The summed E-state index contributed by atoms with van der Waals surface area (Å²) in [5, 5.41) is 9.80. The van der Waals surface area contributed by atoms with Crippen LogP contribution in [0.1, 0.15) is 64.8 Å². The summed E-state index contributed by atoms with van der Waals surface area (Å²) < 4.78 is 4.78. The van der Waals surface area contributed by atoms with Crippen LogP contribution in [0.15, 0.2) is 12.1 Å². The van der Waals surface area contributed by atoms with Crippen LogP contribution < -0.4 is 0 Å². The number of carbonyl (C=O) groups is 2. The molecule has 3 rings (SSSR count). The van der Waals surface area contributed by atoms with Crippen molar-refractivity contribution >= 4 is 11.8 Å². The first-order valence-electron chi connectivity index (χ1n) is 6.01. The van der Waals surface area contributed by atoms with Crippen LogP contribution in [0.5, 0.6) is 0 Å². The summed E-state index contributed by atoms with van der Waals surface area (Å²) in [6.45, 7) is 4.13. The van der Waals surface area contributed by atoms with E-state index >= 15 is 0 Å². The number of ether oxygens (including phenoxy) is 1. The third-order valence-electron chi connectivity index (χ3n) is 3.92. The van der Waals surface area contributed by atoms with E-state index in [2.05, 4.69) is 13.8 Å². The summed E-state index contributed by atoms with van der Waals surface area (Å²) in [5.74, 6) is -0.574. The molecule has 18 heavy (non-hydrogen) atoms. The molecule has 0 saturated heterocycles. The summed E-state index contributed by atoms with van der Waals surface area (Å²) in [6.07, 6.45) is -0.0832. The summed E-state index contributed by atoms with van der Waals surface area (Å²) >= 11 is 0. The molecule has 0 aromatic heterocycles. The molecule has 4 heteroatoms. The summed E-state index contributed by atoms with van der Waals surface area (Å²) in [6, 6.07) is 3.46. The second kappa shape index (κ2) is 3.42. The highest BCUT2D eigenvalue weighted by atomic mass is 16.6. The average molecular weight is 246 g/mol. The van der Waals surface area contributed by atoms with Crippen molar-refractivity contribution in [1.29, 1.82) is 0 Å². The van der Waals surface area contributed by atoms with Crippen molar-refractivity contribution in [3.8, 4) is 0 Å². The zero-order chi connectivity index (χ0) is 13.1. The van der Waals surface area contributed by atoms with Crippen LogP contribution in [-0.4, -0.2) is 16.9 Å². The van der Waals surface area contributed by atoms with E-state index in [-0.39, 0.29) is 11.2 Å². The zero-order valence-electron chi connectivity index (χ0n) is 10.3. The maximum absolute atomic E-state index is 12.1. The van der Waals surface area contributed by atoms with Gasteiger partial charge in [-0.2, -0.15) is 0 Å². The van der Waals surface area contributed by atoms with E-state index in [1.54, 1.807) is 6.07 Å². The topological polar surface area (TPSA) is 63.6 Å². The number of benzene rings is 1. The highest BCUT2D eigenvalue weighted by Crippen LogP contribution is 2.43. The van der Waals surface area contributed by atoms with E-state index in [0.717, 1.165) is 12.0 Å². The predicted octanol–water partition coefficient (Wildman–Crippen LogP) is 2.10. The van der Waals surface area contributed by atoms with Crippen LogP contribution in [0.2, 0.25) is 0 Å². The van der Waals surface area contributed by atoms with Crippen molar-refractivity contribution in [3.63, 3.8) is 0 Å². The van der Waals surface area contributed by atoms with E-state index in [4.69, 9.17) is 4.74 Å². The van der Waals surface area contributed by atoms with Crippen molar-refractivity contribution in [1.82, 2.24) is 0 Å². The van der Waals surface area contributed by atoms with Crippen molar-refractivity contribution < 1.29 is 19.4 Å². The molecule has 4 nitrogen and oxygen atoms in total. The van der Waals surface area contributed by atoms with Gasteiger partial charge in [0.25, 0.3) is 0 Å². The fourth-order valence-electron chi connectivity index (χ4n) is 2.83. The van der Waals surface area contributed by atoms with Gasteiger partial charge < -0.3 is 9.84 Å². The SMILES string of the molecule is CC1(C)CCC(=O)c2c1ccc1c2[C@H](O)OC1=O. The highest BCUT2D eigenvalue weighted by molar-refractivity contribution is 6.05. The number of fused-ring (bicyclic) bond motifs is 3. The molecule has 0 amide bonds. The van der Waals surface area contributed by atoms with Gasteiger partial charge in [0.2, 0.25) is 6.29 Å². The van der Waals surface area contributed by atoms with Crippen molar-refractivity contribution in [2.24, 2.45) is 0 Å². The molecule has 0 unspecified atom stereocenters. The van der Waals surface area contributed by atoms with Gasteiger partial charge in [-0.1, -0.05) is 19.9 Å². The van der Waals surface area contributed by atoms with Crippen LogP contribution >= 0.6 is 0 Å². The normalized spacial score (nSPS) is 24.5. The van der Waals surface area contributed by atoms with E-state index < -0.39 is 12.3 Å². The van der Waals surface area contributed by atoms with Crippen molar-refractivity contribution in [2.75, 3.05) is 0 Å². The average Bonchev–Trinajstić information content (AvgIpc) is 2.60. The monoisotopic (exact) mass is 246 g/mol. The Morgan fingerprint density at radius 1 is 1.33 bits per heavy atom. The maximum atomic E-state index is 12.1. The third kappa shape index (κ3) is 1.35. The molecular weight excluding hydrogens is 232 g/mol. The van der Waals surface area contributed by atoms with Gasteiger partial charge >= 0.3 is 5.97 Å². The molecule has 0 fully saturated rings. The van der Waals surface area contributed by atoms with Crippen molar-refractivity contribution in [3.05, 3.63) is 34.4 Å². The molecule has 94 valence electrons. The number of esters is 1. The Morgan fingerprint density at radius 3 is 2.78 bits per heavy atom. The quantitative estimate of drug-likeness (QED) is 0.712. The second-order valence-electron chi connectivity index (χ2n) is 5.51. The zero-order valence-corrected chi connectivity index (χ0v) is 10.3. The Balaban J connectivity index is 2.33. The first-order valence-corrected chi connectivity index (χ1v) is 6.01. The third-order valence-corrected chi connectivity index (χ3v) is 3.92. The van der Waals surface area contributed by atoms with E-state index in [0.29, 0.717) is 23.1 Å². The van der Waals surface area contributed by atoms with Crippen molar-refractivity contribution in [2.45, 2.75) is 38.4 Å². The number of aliphatic hydroxyl groups excluding tert-OH is 1. The molecule has 1 atom stereocenters. The predicted molar refractivity (Wildman–Crippen MR) is 63.4 cm³/mol. The van der Waals surface area contributed by atoms with Crippen LogP contribution in [0.25, 0.3) is 0 Å². The van der Waals surface area contributed by atoms with Gasteiger partial charge in [0, 0.05) is 17.5 Å². The van der Waals surface area contributed by atoms with E-state index in [1.807, 2.05) is 6.07 Å². The first kappa shape index (κ1) is 11.4. The fourth-order valence-corrected chi connectivity index (χ4v) is 2.83. The van der Waals surface area contributed by atoms with Gasteiger partial charge in [-0.3, -0.25) is 4.79 Å². The number of Topliss-reactive ketones (excluding diaryl/α,β-unsaturated/α-hetero) is 1. The first-order chi connectivity index (χ1) is 8.42. The molecule has 1 heterocycles. The second-order valence-corrected chi connectivity index (χ2v) is 5.51. The molecule has 1 N–H and O–H groups in total. The molecular formula is C14H14O4. The minimum Gasteiger partial charge on any atom is -0.428 e. The lowest BCUT2D eigenvalue weighted by atomic mass is 9.70. The van der Waals surface area contributed by atoms with Gasteiger partial charge in [-0.05, 0) is 23.5 Å². The van der Waals surface area contributed by atoms with Gasteiger partial charge in [-0.15, -0.1) is 0 Å². The molecule has 0 bridgehead atoms. The Hall–Kier alpha value is -1.68. The Morgan fingerprint density at radius 2 is 2.06 bits per heavy atom. The van der Waals surface area contributed by atoms with E-state index in [9.17, 15) is 14.7 Å². The molecule has 2 aliphatic rings. The lowest BCUT2D eigenvalue weighted by Crippen LogP contribution is -2.29. The number of carbonyl (C=O) groups excluding carboxylic acids is 2. The van der Waals surface area contributed by atoms with Crippen LogP contribution in [-0.2, 0) is 10.2 Å². The number of hydrogen-bond donors (Lipinski definition) is 1.